The number of nitrogens with zero attached hydrogens (tertiary/aromatic N) is 1. The molecule has 0 heterocycles. The predicted octanol–water partition coefficient (Wildman–Crippen LogP) is 4.13. The van der Waals surface area contributed by atoms with Crippen molar-refractivity contribution >= 4 is 7.37 Å². The third-order valence-electron chi connectivity index (χ3n) is 2.72. The lowest BCUT2D eigenvalue weighted by Crippen LogP contribution is -2.22. The lowest BCUT2D eigenvalue weighted by Gasteiger charge is -2.26. The maximum atomic E-state index is 12.8. The van der Waals surface area contributed by atoms with E-state index < -0.39 is 13.4 Å². The Hall–Kier alpha value is -0.400. The number of rotatable bonds is 13. The summed E-state index contributed by atoms with van der Waals surface area (Å²) in [5.74, 6) is 0. The highest BCUT2D eigenvalue weighted by molar-refractivity contribution is 7.59. The fourth-order valence-electron chi connectivity index (χ4n) is 1.59. The van der Waals surface area contributed by atoms with Crippen LogP contribution in [0.5, 0.6) is 0 Å². The summed E-state index contributed by atoms with van der Waals surface area (Å²) < 4.78 is 29.5. The second-order valence-electron chi connectivity index (χ2n) is 4.53. The normalized spacial score (nSPS) is 14.2. The van der Waals surface area contributed by atoms with Gasteiger partial charge in [0.05, 0.1) is 25.9 Å². The van der Waals surface area contributed by atoms with Gasteiger partial charge in [-0.15, -0.1) is 0 Å². The first-order valence-corrected chi connectivity index (χ1v) is 9.35. The largest absolute Gasteiger partial charge is 0.344 e. The monoisotopic (exact) mass is 305 g/mol. The van der Waals surface area contributed by atoms with Crippen molar-refractivity contribution in [3.63, 3.8) is 0 Å². The Bertz CT molecular complexity index is 307. The standard InChI is InChI=1S/C14H28NO4P/c1-4-7-11-17-14(18-12-8-5-2)20(16,19-6-3)13-9-10-15/h14H,4-9,11-13H2,1-3H3. The average Bonchev–Trinajstić information content (AvgIpc) is 2.44. The second kappa shape index (κ2) is 12.3. The Morgan fingerprint density at radius 3 is 2.05 bits per heavy atom. The van der Waals surface area contributed by atoms with Crippen LogP contribution in [0, 0.1) is 11.3 Å². The zero-order valence-corrected chi connectivity index (χ0v) is 13.9. The summed E-state index contributed by atoms with van der Waals surface area (Å²) in [7, 11) is -3.09. The fraction of sp³-hybridized carbons (Fsp3) is 0.929. The molecule has 20 heavy (non-hydrogen) atoms. The molecule has 0 aromatic heterocycles. The minimum absolute atomic E-state index is 0.181. The topological polar surface area (TPSA) is 68.5 Å². The highest BCUT2D eigenvalue weighted by atomic mass is 31.2. The Kier molecular flexibility index (Phi) is 12.1. The number of hydrogen-bond acceptors (Lipinski definition) is 5. The molecular weight excluding hydrogens is 277 g/mol. The van der Waals surface area contributed by atoms with E-state index in [2.05, 4.69) is 13.8 Å². The molecule has 5 nitrogen and oxygen atoms in total. The van der Waals surface area contributed by atoms with Gasteiger partial charge >= 0.3 is 0 Å². The molecule has 118 valence electrons. The van der Waals surface area contributed by atoms with Gasteiger partial charge in [0.15, 0.2) is 0 Å². The van der Waals surface area contributed by atoms with Crippen molar-refractivity contribution in [3.8, 4) is 6.07 Å². The fourth-order valence-corrected chi connectivity index (χ4v) is 3.56. The quantitative estimate of drug-likeness (QED) is 0.291. The van der Waals surface area contributed by atoms with Crippen LogP contribution in [0.4, 0.5) is 0 Å². The number of ether oxygens (including phenoxy) is 2. The van der Waals surface area contributed by atoms with Gasteiger partial charge in [0.1, 0.15) is 0 Å². The smallest absolute Gasteiger partial charge is 0.258 e. The van der Waals surface area contributed by atoms with Crippen LogP contribution in [0.15, 0.2) is 0 Å². The van der Waals surface area contributed by atoms with Crippen molar-refractivity contribution in [2.24, 2.45) is 0 Å². The molecule has 0 saturated carbocycles. The Morgan fingerprint density at radius 1 is 1.10 bits per heavy atom. The summed E-state index contributed by atoms with van der Waals surface area (Å²) in [6.07, 6.45) is 4.13. The van der Waals surface area contributed by atoms with Gasteiger partial charge in [-0.05, 0) is 19.8 Å². The Morgan fingerprint density at radius 2 is 1.65 bits per heavy atom. The van der Waals surface area contributed by atoms with Crippen LogP contribution in [0.25, 0.3) is 0 Å². The van der Waals surface area contributed by atoms with E-state index in [9.17, 15) is 4.57 Å². The first-order chi connectivity index (χ1) is 9.64. The summed E-state index contributed by atoms with van der Waals surface area (Å²) in [6, 6.07) is 1.17. The molecule has 1 atom stereocenters. The number of nitriles is 1. The van der Waals surface area contributed by atoms with Gasteiger partial charge in [0.25, 0.3) is 7.37 Å². The van der Waals surface area contributed by atoms with Gasteiger partial charge in [-0.3, -0.25) is 4.57 Å². The molecule has 0 N–H and O–H groups in total. The third-order valence-corrected chi connectivity index (χ3v) is 5.20. The van der Waals surface area contributed by atoms with Crippen molar-refractivity contribution in [2.75, 3.05) is 26.0 Å². The average molecular weight is 305 g/mol. The molecule has 0 amide bonds. The van der Waals surface area contributed by atoms with E-state index in [4.69, 9.17) is 19.3 Å². The van der Waals surface area contributed by atoms with Gasteiger partial charge in [-0.25, -0.2) is 0 Å². The Balaban J connectivity index is 4.69. The maximum Gasteiger partial charge on any atom is 0.258 e. The minimum atomic E-state index is -3.09. The molecule has 0 bridgehead atoms. The molecule has 0 saturated heterocycles. The van der Waals surface area contributed by atoms with Crippen LogP contribution in [0.1, 0.15) is 52.9 Å². The summed E-state index contributed by atoms with van der Waals surface area (Å²) >= 11 is 0. The first-order valence-electron chi connectivity index (χ1n) is 7.48. The van der Waals surface area contributed by atoms with Gasteiger partial charge in [-0.2, -0.15) is 5.26 Å². The lowest BCUT2D eigenvalue weighted by molar-refractivity contribution is -0.0977. The molecule has 0 radical (unpaired) electrons. The van der Waals surface area contributed by atoms with E-state index >= 15 is 0 Å². The van der Waals surface area contributed by atoms with Gasteiger partial charge < -0.3 is 14.0 Å². The lowest BCUT2D eigenvalue weighted by atomic mass is 10.4. The van der Waals surface area contributed by atoms with E-state index in [1.54, 1.807) is 6.92 Å². The molecule has 0 aromatic carbocycles. The molecule has 0 rings (SSSR count). The van der Waals surface area contributed by atoms with Gasteiger partial charge in [-0.1, -0.05) is 26.7 Å². The number of hydrogen-bond donors (Lipinski definition) is 0. The molecule has 0 aliphatic rings. The van der Waals surface area contributed by atoms with Crippen molar-refractivity contribution < 1.29 is 18.6 Å². The summed E-state index contributed by atoms with van der Waals surface area (Å²) in [5.41, 5.74) is 0. The van der Waals surface area contributed by atoms with Crippen LogP contribution in [-0.4, -0.2) is 32.0 Å². The molecular formula is C14H28NO4P. The van der Waals surface area contributed by atoms with E-state index in [-0.39, 0.29) is 12.6 Å². The molecule has 0 aliphatic carbocycles. The van der Waals surface area contributed by atoms with Gasteiger partial charge in [0.2, 0.25) is 6.03 Å². The van der Waals surface area contributed by atoms with Crippen molar-refractivity contribution in [1.29, 1.82) is 5.26 Å². The first kappa shape index (κ1) is 19.6. The SMILES string of the molecule is CCCCOC(OCCCC)P(=O)(CCC#N)OCC. The molecule has 1 unspecified atom stereocenters. The van der Waals surface area contributed by atoms with E-state index in [0.29, 0.717) is 19.8 Å². The van der Waals surface area contributed by atoms with Crippen LogP contribution in [-0.2, 0) is 18.6 Å². The van der Waals surface area contributed by atoms with Crippen LogP contribution in [0.3, 0.4) is 0 Å². The van der Waals surface area contributed by atoms with Crippen LogP contribution >= 0.6 is 7.37 Å². The number of unbranched alkanes of at least 4 members (excludes halogenated alkanes) is 2. The van der Waals surface area contributed by atoms with Crippen molar-refractivity contribution in [3.05, 3.63) is 0 Å². The van der Waals surface area contributed by atoms with Crippen molar-refractivity contribution in [2.45, 2.75) is 58.9 Å². The van der Waals surface area contributed by atoms with E-state index in [1.807, 2.05) is 6.07 Å². The van der Waals surface area contributed by atoms with E-state index in [1.165, 1.54) is 0 Å². The summed E-state index contributed by atoms with van der Waals surface area (Å²) in [5, 5.41) is 8.70. The zero-order valence-electron chi connectivity index (χ0n) is 13.0. The summed E-state index contributed by atoms with van der Waals surface area (Å²) in [4.78, 5) is 0. The van der Waals surface area contributed by atoms with Gasteiger partial charge in [0, 0.05) is 12.6 Å². The van der Waals surface area contributed by atoms with Crippen LogP contribution < -0.4 is 0 Å². The van der Waals surface area contributed by atoms with E-state index in [0.717, 1.165) is 25.7 Å². The molecule has 0 spiro atoms. The minimum Gasteiger partial charge on any atom is -0.344 e. The highest BCUT2D eigenvalue weighted by Crippen LogP contribution is 2.53. The second-order valence-corrected chi connectivity index (χ2v) is 7.11. The highest BCUT2D eigenvalue weighted by Gasteiger charge is 2.35. The molecule has 0 fully saturated rings. The predicted molar refractivity (Wildman–Crippen MR) is 79.8 cm³/mol. The Labute approximate surface area is 123 Å². The maximum absolute atomic E-state index is 12.8. The third kappa shape index (κ3) is 8.01. The molecule has 0 aliphatic heterocycles. The van der Waals surface area contributed by atoms with Crippen molar-refractivity contribution in [1.82, 2.24) is 0 Å². The van der Waals surface area contributed by atoms with Crippen LogP contribution in [0.2, 0.25) is 0 Å². The summed E-state index contributed by atoms with van der Waals surface area (Å²) in [6.45, 7) is 7.23. The zero-order chi connectivity index (χ0) is 15.3. The molecule has 0 aromatic rings. The molecule has 6 heteroatoms.